The van der Waals surface area contributed by atoms with Crippen molar-refractivity contribution in [2.24, 2.45) is 15.3 Å². The third-order valence-corrected chi connectivity index (χ3v) is 6.93. The Kier molecular flexibility index (Phi) is 8.42. The number of amides is 2. The smallest absolute Gasteiger partial charge is 0.238 e. The molecular weight excluding hydrogens is 478 g/mol. The number of thioether (sulfide) groups is 1. The largest absolute Gasteiger partial charge is 0.497 e. The van der Waals surface area contributed by atoms with E-state index in [-0.39, 0.29) is 28.3 Å². The van der Waals surface area contributed by atoms with Gasteiger partial charge in [0.1, 0.15) is 5.75 Å². The molecule has 0 saturated carbocycles. The molecule has 10 nitrogen and oxygen atoms in total. The summed E-state index contributed by atoms with van der Waals surface area (Å²) in [4.78, 5) is 24.7. The lowest BCUT2D eigenvalue weighted by molar-refractivity contribution is -0.125. The van der Waals surface area contributed by atoms with Crippen LogP contribution in [-0.2, 0) is 26.0 Å². The van der Waals surface area contributed by atoms with Crippen LogP contribution in [0, 0.1) is 0 Å². The number of carbonyl (C=O) groups is 2. The van der Waals surface area contributed by atoms with Gasteiger partial charge in [-0.25, -0.2) is 13.6 Å². The van der Waals surface area contributed by atoms with E-state index in [1.54, 1.807) is 26.2 Å². The minimum atomic E-state index is -3.74. The Morgan fingerprint density at radius 2 is 1.88 bits per heavy atom. The number of nitrogens with two attached hydrogens (primary N) is 1. The number of methoxy groups -OCH3 is 1. The van der Waals surface area contributed by atoms with Crippen LogP contribution in [0.3, 0.4) is 0 Å². The maximum atomic E-state index is 12.6. The first-order valence-electron chi connectivity index (χ1n) is 10.3. The molecule has 1 fully saturated rings. The number of hydrogen-bond acceptors (Lipinski definition) is 8. The van der Waals surface area contributed by atoms with Crippen molar-refractivity contribution in [1.29, 1.82) is 0 Å². The molecule has 2 aromatic carbocycles. The third-order valence-electron chi connectivity index (χ3n) is 4.93. The van der Waals surface area contributed by atoms with Crippen LogP contribution in [0.5, 0.6) is 5.75 Å². The average Bonchev–Trinajstić information content (AvgIpc) is 2.82. The lowest BCUT2D eigenvalue weighted by Crippen LogP contribution is -2.44. The molecule has 1 aliphatic heterocycles. The predicted octanol–water partition coefficient (Wildman–Crippen LogP) is 1.40. The standard InChI is InChI=1S/C22H25N5O5S2/c1-14(16-5-7-17(32-2)8-6-16)26-27-22-25-20(28)13-19(33-22)21(29)24-12-11-15-3-9-18(10-4-15)34(23,30)31/h3-10,19H,11-13H2,1-2H3,(H,24,29)(H2,23,30,31)(H,25,27,28)/b26-14+/t19-/m1/s1. The van der Waals surface area contributed by atoms with Gasteiger partial charge in [-0.15, -0.1) is 5.10 Å². The number of ether oxygens (including phenoxy) is 1. The molecule has 1 atom stereocenters. The molecule has 34 heavy (non-hydrogen) atoms. The molecule has 0 bridgehead atoms. The molecule has 1 heterocycles. The number of carbonyl (C=O) groups excluding carboxylic acids is 2. The highest BCUT2D eigenvalue weighted by molar-refractivity contribution is 8.15. The fourth-order valence-electron chi connectivity index (χ4n) is 3.04. The van der Waals surface area contributed by atoms with E-state index in [2.05, 4.69) is 20.8 Å². The zero-order valence-electron chi connectivity index (χ0n) is 18.6. The van der Waals surface area contributed by atoms with E-state index in [4.69, 9.17) is 9.88 Å². The van der Waals surface area contributed by atoms with Gasteiger partial charge in [0.15, 0.2) is 5.17 Å². The number of primary sulfonamides is 1. The highest BCUT2D eigenvalue weighted by Crippen LogP contribution is 2.21. The summed E-state index contributed by atoms with van der Waals surface area (Å²) in [6, 6.07) is 13.5. The molecule has 4 N–H and O–H groups in total. The number of benzene rings is 2. The number of hydrogen-bond donors (Lipinski definition) is 3. The predicted molar refractivity (Wildman–Crippen MR) is 131 cm³/mol. The Balaban J connectivity index is 1.56. The summed E-state index contributed by atoms with van der Waals surface area (Å²) in [7, 11) is -2.15. The van der Waals surface area contributed by atoms with Crippen molar-refractivity contribution in [3.05, 3.63) is 59.7 Å². The van der Waals surface area contributed by atoms with E-state index in [1.807, 2.05) is 24.3 Å². The van der Waals surface area contributed by atoms with Gasteiger partial charge >= 0.3 is 0 Å². The van der Waals surface area contributed by atoms with Crippen LogP contribution >= 0.6 is 11.8 Å². The Labute approximate surface area is 202 Å². The molecule has 2 aromatic rings. The van der Waals surface area contributed by atoms with Crippen molar-refractivity contribution in [1.82, 2.24) is 10.6 Å². The molecule has 1 aliphatic rings. The molecule has 0 unspecified atom stereocenters. The summed E-state index contributed by atoms with van der Waals surface area (Å²) in [5.41, 5.74) is 2.33. The highest BCUT2D eigenvalue weighted by atomic mass is 32.2. The fourth-order valence-corrected chi connectivity index (χ4v) is 4.51. The topological polar surface area (TPSA) is 152 Å². The van der Waals surface area contributed by atoms with Crippen molar-refractivity contribution in [3.8, 4) is 5.75 Å². The fraction of sp³-hybridized carbons (Fsp3) is 0.273. The summed E-state index contributed by atoms with van der Waals surface area (Å²) < 4.78 is 27.8. The molecule has 2 amide bonds. The quantitative estimate of drug-likeness (QED) is 0.366. The Morgan fingerprint density at radius 3 is 2.50 bits per heavy atom. The summed E-state index contributed by atoms with van der Waals surface area (Å²) in [5.74, 6) is 0.130. The van der Waals surface area contributed by atoms with E-state index in [1.165, 1.54) is 12.1 Å². The molecule has 0 aliphatic carbocycles. The maximum Gasteiger partial charge on any atom is 0.238 e. The van der Waals surface area contributed by atoms with Crippen LogP contribution < -0.4 is 20.5 Å². The first-order valence-corrected chi connectivity index (χ1v) is 12.7. The zero-order chi connectivity index (χ0) is 24.7. The average molecular weight is 504 g/mol. The van der Waals surface area contributed by atoms with Crippen molar-refractivity contribution in [2.45, 2.75) is 29.9 Å². The van der Waals surface area contributed by atoms with E-state index >= 15 is 0 Å². The van der Waals surface area contributed by atoms with Gasteiger partial charge in [0.05, 0.1) is 23.0 Å². The van der Waals surface area contributed by atoms with Gasteiger partial charge in [-0.05, 0) is 60.9 Å². The summed E-state index contributed by atoms with van der Waals surface area (Å²) in [5, 5.41) is 18.4. The lowest BCUT2D eigenvalue weighted by atomic mass is 10.1. The monoisotopic (exact) mass is 503 g/mol. The minimum Gasteiger partial charge on any atom is -0.497 e. The van der Waals surface area contributed by atoms with Crippen LogP contribution in [0.4, 0.5) is 0 Å². The van der Waals surface area contributed by atoms with Gasteiger partial charge in [-0.1, -0.05) is 23.9 Å². The first kappa shape index (κ1) is 25.4. The number of rotatable bonds is 8. The van der Waals surface area contributed by atoms with Crippen molar-refractivity contribution >= 4 is 44.5 Å². The SMILES string of the molecule is COc1ccc(/C(C)=N/N=C2\NC(=O)C[C@H](C(=O)NCCc3ccc(S(N)(=O)=O)cc3)S2)cc1. The molecule has 12 heteroatoms. The molecule has 0 aromatic heterocycles. The maximum absolute atomic E-state index is 12.6. The van der Waals surface area contributed by atoms with Gasteiger partial charge in [-0.2, -0.15) is 5.10 Å². The molecule has 0 radical (unpaired) electrons. The van der Waals surface area contributed by atoms with Crippen LogP contribution in [0.25, 0.3) is 0 Å². The van der Waals surface area contributed by atoms with Crippen LogP contribution in [0.2, 0.25) is 0 Å². The van der Waals surface area contributed by atoms with E-state index in [0.29, 0.717) is 18.7 Å². The molecule has 1 saturated heterocycles. The first-order chi connectivity index (χ1) is 16.2. The van der Waals surface area contributed by atoms with Crippen LogP contribution in [0.1, 0.15) is 24.5 Å². The normalized spacial score (nSPS) is 17.9. The van der Waals surface area contributed by atoms with Crippen molar-refractivity contribution in [2.75, 3.05) is 13.7 Å². The van der Waals surface area contributed by atoms with E-state index in [0.717, 1.165) is 28.6 Å². The Bertz CT molecular complexity index is 1210. The molecule has 180 valence electrons. The molecule has 0 spiro atoms. The second-order valence-electron chi connectivity index (χ2n) is 7.41. The lowest BCUT2D eigenvalue weighted by Gasteiger charge is -2.21. The Morgan fingerprint density at radius 1 is 1.21 bits per heavy atom. The third kappa shape index (κ3) is 7.14. The number of amidine groups is 1. The second kappa shape index (κ2) is 11.3. The minimum absolute atomic E-state index is 0.0275. The number of sulfonamides is 1. The molecule has 3 rings (SSSR count). The summed E-state index contributed by atoms with van der Waals surface area (Å²) in [6.45, 7) is 2.12. The van der Waals surface area contributed by atoms with E-state index < -0.39 is 15.3 Å². The van der Waals surface area contributed by atoms with Crippen molar-refractivity contribution in [3.63, 3.8) is 0 Å². The Hall–Kier alpha value is -3.22. The zero-order valence-corrected chi connectivity index (χ0v) is 20.3. The van der Waals surface area contributed by atoms with Gasteiger partial charge in [0.25, 0.3) is 0 Å². The van der Waals surface area contributed by atoms with Gasteiger partial charge in [-0.3, -0.25) is 9.59 Å². The van der Waals surface area contributed by atoms with Crippen molar-refractivity contribution < 1.29 is 22.7 Å². The number of nitrogens with one attached hydrogen (secondary N) is 2. The summed E-state index contributed by atoms with van der Waals surface area (Å²) >= 11 is 1.14. The van der Waals surface area contributed by atoms with Crippen LogP contribution in [0.15, 0.2) is 63.6 Å². The summed E-state index contributed by atoms with van der Waals surface area (Å²) in [6.07, 6.45) is 0.520. The highest BCUT2D eigenvalue weighted by Gasteiger charge is 2.30. The number of nitrogens with zero attached hydrogens (tertiary/aromatic N) is 2. The van der Waals surface area contributed by atoms with Crippen LogP contribution in [-0.4, -0.2) is 50.0 Å². The van der Waals surface area contributed by atoms with Gasteiger partial charge < -0.3 is 15.4 Å². The van der Waals surface area contributed by atoms with E-state index in [9.17, 15) is 18.0 Å². The second-order valence-corrected chi connectivity index (χ2v) is 10.2. The molecular formula is C22H25N5O5S2. The van der Waals surface area contributed by atoms with Gasteiger partial charge in [0, 0.05) is 13.0 Å². The van der Waals surface area contributed by atoms with Gasteiger partial charge in [0.2, 0.25) is 21.8 Å².